The molecule has 5 rings (SSSR count). The van der Waals surface area contributed by atoms with E-state index in [0.717, 1.165) is 23.5 Å². The van der Waals surface area contributed by atoms with Crippen molar-refractivity contribution in [2.45, 2.75) is 44.9 Å². The normalized spacial score (nSPS) is 13.5. The third-order valence-electron chi connectivity index (χ3n) is 5.48. The van der Waals surface area contributed by atoms with E-state index in [4.69, 9.17) is 0 Å². The first kappa shape index (κ1) is 29.7. The molecule has 0 unspecified atom stereocenters. The third-order valence-corrected chi connectivity index (χ3v) is 5.48. The molecule has 3 aromatic carbocycles. The van der Waals surface area contributed by atoms with Crippen molar-refractivity contribution in [2.24, 2.45) is 5.92 Å². The van der Waals surface area contributed by atoms with Crippen LogP contribution < -0.4 is 0 Å². The molecule has 1 heteroatoms. The number of allylic oxidation sites excluding steroid dienone is 4. The van der Waals surface area contributed by atoms with E-state index in [-0.39, 0.29) is 26.2 Å². The van der Waals surface area contributed by atoms with Gasteiger partial charge in [0.2, 0.25) is 0 Å². The van der Waals surface area contributed by atoms with Crippen molar-refractivity contribution in [3.8, 4) is 0 Å². The Balaban J connectivity index is 0.000000245. The summed E-state index contributed by atoms with van der Waals surface area (Å²) in [5.74, 6) is 0.962. The fourth-order valence-electron chi connectivity index (χ4n) is 3.61. The molecule has 0 spiro atoms. The average molecular weight is 526 g/mol. The Morgan fingerprint density at radius 2 is 1.21 bits per heavy atom. The van der Waals surface area contributed by atoms with Crippen molar-refractivity contribution >= 4 is 0 Å². The molecule has 0 nitrogen and oxygen atoms in total. The summed E-state index contributed by atoms with van der Waals surface area (Å²) in [6.45, 7) is 7.44. The predicted molar refractivity (Wildman–Crippen MR) is 144 cm³/mol. The molecule has 0 saturated heterocycles. The zero-order chi connectivity index (χ0) is 23.4. The maximum atomic E-state index is 3.72. The molecule has 1 fully saturated rings. The van der Waals surface area contributed by atoms with E-state index in [2.05, 4.69) is 62.8 Å². The first-order valence-electron chi connectivity index (χ1n) is 12.1. The van der Waals surface area contributed by atoms with Gasteiger partial charge in [0.1, 0.15) is 0 Å². The molecule has 3 aromatic rings. The topological polar surface area (TPSA) is 0 Å². The quantitative estimate of drug-likeness (QED) is 0.299. The van der Waals surface area contributed by atoms with Gasteiger partial charge in [-0.15, -0.1) is 42.8 Å². The van der Waals surface area contributed by atoms with Gasteiger partial charge in [0.25, 0.3) is 0 Å². The van der Waals surface area contributed by atoms with Crippen LogP contribution in [0, 0.1) is 32.3 Å². The van der Waals surface area contributed by atoms with Gasteiger partial charge in [-0.25, -0.2) is 12.2 Å². The molecule has 0 amide bonds. The van der Waals surface area contributed by atoms with E-state index < -0.39 is 0 Å². The molecule has 2 aliphatic rings. The summed E-state index contributed by atoms with van der Waals surface area (Å²) < 4.78 is 0. The van der Waals surface area contributed by atoms with Crippen LogP contribution in [0.25, 0.3) is 0 Å². The van der Waals surface area contributed by atoms with Gasteiger partial charge in [0.05, 0.1) is 0 Å². The molecule has 0 aliphatic heterocycles. The van der Waals surface area contributed by atoms with Gasteiger partial charge in [-0.05, 0) is 5.92 Å². The molecule has 1 saturated carbocycles. The van der Waals surface area contributed by atoms with E-state index in [9.17, 15) is 0 Å². The largest absolute Gasteiger partial charge is 4.00 e. The van der Waals surface area contributed by atoms with Gasteiger partial charge < -0.3 is 0 Å². The number of benzene rings is 3. The Bertz CT molecular complexity index is 828. The van der Waals surface area contributed by atoms with Gasteiger partial charge in [0.15, 0.2) is 0 Å². The molecule has 0 N–H and O–H groups in total. The van der Waals surface area contributed by atoms with Crippen molar-refractivity contribution < 1.29 is 26.2 Å². The van der Waals surface area contributed by atoms with Gasteiger partial charge >= 0.3 is 26.2 Å². The van der Waals surface area contributed by atoms with E-state index in [1.165, 1.54) is 44.1 Å². The van der Waals surface area contributed by atoms with Crippen molar-refractivity contribution in [1.29, 1.82) is 0 Å². The average Bonchev–Trinajstić information content (AvgIpc) is 3.47. The second-order valence-corrected chi connectivity index (χ2v) is 8.33. The molecule has 0 radical (unpaired) electrons. The van der Waals surface area contributed by atoms with Crippen molar-refractivity contribution in [1.82, 2.24) is 0 Å². The molecule has 0 heterocycles. The molecule has 0 atom stereocenters. The standard InChI is InChI=1S/C14H19.2C7H7.C5H5.Zr/c1-3-7-13(8-4-1)11-12-14-9-5-2-6-10-14;2*1-7-5-3-2-4-6-7;1-2-4-5-3-1;/h1,3-4,7-8,11,14H,2,5-6,9-10,12H2;2*2-6H,1H2;1-3H,4H2;/q4*-1;+4. The Morgan fingerprint density at radius 3 is 1.56 bits per heavy atom. The van der Waals surface area contributed by atoms with Gasteiger partial charge in [-0.1, -0.05) is 56.7 Å². The van der Waals surface area contributed by atoms with Crippen LogP contribution in [-0.4, -0.2) is 0 Å². The van der Waals surface area contributed by atoms with Crippen LogP contribution in [0.1, 0.15) is 61.6 Å². The predicted octanol–water partition coefficient (Wildman–Crippen LogP) is 9.25. The minimum Gasteiger partial charge on any atom is -0.273 e. The third kappa shape index (κ3) is 15.5. The van der Waals surface area contributed by atoms with Gasteiger partial charge in [-0.3, -0.25) is 6.08 Å². The smallest absolute Gasteiger partial charge is 0.273 e. The summed E-state index contributed by atoms with van der Waals surface area (Å²) in [6.07, 6.45) is 20.9. The number of hydrogen-bond donors (Lipinski definition) is 0. The molecular formula is C33H38Zr. The zero-order valence-corrected chi connectivity index (χ0v) is 22.9. The summed E-state index contributed by atoms with van der Waals surface area (Å²) in [5.41, 5.74) is 3.53. The molecule has 0 bridgehead atoms. The Labute approximate surface area is 228 Å². The van der Waals surface area contributed by atoms with Crippen LogP contribution >= 0.6 is 0 Å². The maximum absolute atomic E-state index is 3.72. The fraction of sp³-hybridized carbons (Fsp3) is 0.242. The molecule has 174 valence electrons. The fourth-order valence-corrected chi connectivity index (χ4v) is 3.61. The van der Waals surface area contributed by atoms with Crippen LogP contribution in [0.5, 0.6) is 0 Å². The van der Waals surface area contributed by atoms with E-state index in [0.29, 0.717) is 0 Å². The summed E-state index contributed by atoms with van der Waals surface area (Å²) in [4.78, 5) is 0. The summed E-state index contributed by atoms with van der Waals surface area (Å²) in [7, 11) is 0. The van der Waals surface area contributed by atoms with Crippen LogP contribution in [0.2, 0.25) is 0 Å². The SMILES string of the molecule is [C-]1=CC=CC1.[CH2-]c1ccccc1.[CH2-]c1ccccc1.[Zr+4].c1ccc([CH-]CC2CCCCC2)cc1. The first-order chi connectivity index (χ1) is 16.2. The van der Waals surface area contributed by atoms with E-state index in [1.807, 2.05) is 72.8 Å². The minimum atomic E-state index is 0. The Morgan fingerprint density at radius 1 is 0.706 bits per heavy atom. The zero-order valence-electron chi connectivity index (χ0n) is 20.4. The molecular weight excluding hydrogens is 488 g/mol. The second-order valence-electron chi connectivity index (χ2n) is 8.33. The summed E-state index contributed by atoms with van der Waals surface area (Å²) in [6, 6.07) is 30.5. The Kier molecular flexibility index (Phi) is 17.5. The summed E-state index contributed by atoms with van der Waals surface area (Å²) >= 11 is 0. The van der Waals surface area contributed by atoms with Gasteiger partial charge in [0, 0.05) is 0 Å². The minimum absolute atomic E-state index is 0. The number of hydrogen-bond acceptors (Lipinski definition) is 0. The van der Waals surface area contributed by atoms with Gasteiger partial charge in [-0.2, -0.15) is 79.4 Å². The Hall–Kier alpha value is -2.37. The number of rotatable bonds is 3. The summed E-state index contributed by atoms with van der Waals surface area (Å²) in [5, 5.41) is 0. The molecule has 2 aliphatic carbocycles. The van der Waals surface area contributed by atoms with Crippen molar-refractivity contribution in [3.05, 3.63) is 152 Å². The van der Waals surface area contributed by atoms with Crippen LogP contribution in [-0.2, 0) is 26.2 Å². The van der Waals surface area contributed by atoms with E-state index >= 15 is 0 Å². The molecule has 0 aromatic heterocycles. The monoisotopic (exact) mass is 524 g/mol. The van der Waals surface area contributed by atoms with Crippen LogP contribution in [0.4, 0.5) is 0 Å². The second kappa shape index (κ2) is 20.0. The van der Waals surface area contributed by atoms with Crippen LogP contribution in [0.15, 0.2) is 109 Å². The molecule has 34 heavy (non-hydrogen) atoms. The van der Waals surface area contributed by atoms with Crippen LogP contribution in [0.3, 0.4) is 0 Å². The van der Waals surface area contributed by atoms with E-state index in [1.54, 1.807) is 0 Å². The van der Waals surface area contributed by atoms with Crippen molar-refractivity contribution in [2.75, 3.05) is 0 Å². The first-order valence-corrected chi connectivity index (χ1v) is 12.1. The van der Waals surface area contributed by atoms with Crippen molar-refractivity contribution in [3.63, 3.8) is 0 Å². The maximum Gasteiger partial charge on any atom is 4.00 e.